The maximum absolute atomic E-state index is 3.68. The van der Waals surface area contributed by atoms with Crippen LogP contribution in [0, 0.1) is 12.8 Å². The first-order chi connectivity index (χ1) is 8.70. The summed E-state index contributed by atoms with van der Waals surface area (Å²) in [6.45, 7) is 10.2. The minimum atomic E-state index is 0.638. The number of hydrogen-bond acceptors (Lipinski definition) is 2. The predicted molar refractivity (Wildman–Crippen MR) is 79.3 cm³/mol. The Morgan fingerprint density at radius 1 is 1.39 bits per heavy atom. The molecule has 1 aromatic carbocycles. The number of rotatable bonds is 4. The van der Waals surface area contributed by atoms with E-state index in [1.807, 2.05) is 0 Å². The van der Waals surface area contributed by atoms with E-state index in [2.05, 4.69) is 55.3 Å². The van der Waals surface area contributed by atoms with Gasteiger partial charge in [0, 0.05) is 24.8 Å². The Bertz CT molecular complexity index is 375. The van der Waals surface area contributed by atoms with Gasteiger partial charge in [-0.2, -0.15) is 0 Å². The lowest BCUT2D eigenvalue weighted by molar-refractivity contribution is 0.301. The molecule has 0 radical (unpaired) electrons. The summed E-state index contributed by atoms with van der Waals surface area (Å²) in [5, 5.41) is 3.68. The van der Waals surface area contributed by atoms with Crippen molar-refractivity contribution in [2.75, 3.05) is 24.5 Å². The van der Waals surface area contributed by atoms with Gasteiger partial charge < -0.3 is 10.2 Å². The molecule has 2 rings (SSSR count). The summed E-state index contributed by atoms with van der Waals surface area (Å²) < 4.78 is 0. The summed E-state index contributed by atoms with van der Waals surface area (Å²) >= 11 is 0. The molecule has 1 saturated heterocycles. The summed E-state index contributed by atoms with van der Waals surface area (Å²) in [7, 11) is 0. The summed E-state index contributed by atoms with van der Waals surface area (Å²) in [5.41, 5.74) is 2.70. The van der Waals surface area contributed by atoms with Crippen LogP contribution in [-0.4, -0.2) is 25.7 Å². The van der Waals surface area contributed by atoms with Crippen LogP contribution >= 0.6 is 0 Å². The number of nitrogens with zero attached hydrogens (tertiary/aromatic N) is 1. The second kappa shape index (κ2) is 6.24. The van der Waals surface area contributed by atoms with E-state index in [1.165, 1.54) is 30.6 Å². The van der Waals surface area contributed by atoms with Crippen molar-refractivity contribution in [3.63, 3.8) is 0 Å². The van der Waals surface area contributed by atoms with Gasteiger partial charge >= 0.3 is 0 Å². The lowest BCUT2D eigenvalue weighted by Crippen LogP contribution is -2.48. The first-order valence-electron chi connectivity index (χ1n) is 7.25. The standard InChI is InChI=1S/C16H26N2/c1-4-18(15-9-5-7-13(2)11-15)12-16-14(3)8-6-10-17-16/h5,7,9,11,14,16-17H,4,6,8,10,12H2,1-3H3. The Labute approximate surface area is 111 Å². The van der Waals surface area contributed by atoms with E-state index < -0.39 is 0 Å². The molecule has 1 aliphatic rings. The Hall–Kier alpha value is -1.02. The summed E-state index contributed by atoms with van der Waals surface area (Å²) in [4.78, 5) is 2.49. The smallest absolute Gasteiger partial charge is 0.0369 e. The molecule has 0 amide bonds. The largest absolute Gasteiger partial charge is 0.370 e. The monoisotopic (exact) mass is 246 g/mol. The van der Waals surface area contributed by atoms with Crippen LogP contribution in [0.5, 0.6) is 0 Å². The quantitative estimate of drug-likeness (QED) is 0.877. The molecule has 1 fully saturated rings. The van der Waals surface area contributed by atoms with Crippen molar-refractivity contribution in [2.45, 2.75) is 39.7 Å². The average molecular weight is 246 g/mol. The number of aryl methyl sites for hydroxylation is 1. The highest BCUT2D eigenvalue weighted by molar-refractivity contribution is 5.48. The zero-order valence-corrected chi connectivity index (χ0v) is 11.9. The Kier molecular flexibility index (Phi) is 4.65. The molecule has 0 aliphatic carbocycles. The number of nitrogens with one attached hydrogen (secondary N) is 1. The van der Waals surface area contributed by atoms with Crippen molar-refractivity contribution in [3.05, 3.63) is 29.8 Å². The third kappa shape index (κ3) is 3.26. The minimum absolute atomic E-state index is 0.638. The fourth-order valence-corrected chi connectivity index (χ4v) is 2.84. The zero-order valence-electron chi connectivity index (χ0n) is 11.9. The average Bonchev–Trinajstić information content (AvgIpc) is 2.38. The maximum atomic E-state index is 3.68. The molecule has 100 valence electrons. The third-order valence-corrected chi connectivity index (χ3v) is 4.10. The lowest BCUT2D eigenvalue weighted by Gasteiger charge is -2.35. The molecule has 0 spiro atoms. The number of benzene rings is 1. The van der Waals surface area contributed by atoms with E-state index in [9.17, 15) is 0 Å². The topological polar surface area (TPSA) is 15.3 Å². The van der Waals surface area contributed by atoms with Gasteiger partial charge in [-0.05, 0) is 56.8 Å². The van der Waals surface area contributed by atoms with E-state index >= 15 is 0 Å². The summed E-state index contributed by atoms with van der Waals surface area (Å²) in [6.07, 6.45) is 2.69. The molecule has 1 aliphatic heterocycles. The van der Waals surface area contributed by atoms with Crippen LogP contribution < -0.4 is 10.2 Å². The van der Waals surface area contributed by atoms with Gasteiger partial charge in [0.1, 0.15) is 0 Å². The van der Waals surface area contributed by atoms with Gasteiger partial charge in [0.05, 0.1) is 0 Å². The Morgan fingerprint density at radius 3 is 2.89 bits per heavy atom. The summed E-state index contributed by atoms with van der Waals surface area (Å²) in [5.74, 6) is 0.789. The van der Waals surface area contributed by atoms with Gasteiger partial charge in [-0.25, -0.2) is 0 Å². The van der Waals surface area contributed by atoms with Gasteiger partial charge in [0.15, 0.2) is 0 Å². The Morgan fingerprint density at radius 2 is 2.22 bits per heavy atom. The van der Waals surface area contributed by atoms with Crippen molar-refractivity contribution in [1.29, 1.82) is 0 Å². The van der Waals surface area contributed by atoms with Crippen molar-refractivity contribution in [3.8, 4) is 0 Å². The predicted octanol–water partition coefficient (Wildman–Crippen LogP) is 3.21. The molecular weight excluding hydrogens is 220 g/mol. The van der Waals surface area contributed by atoms with E-state index in [0.29, 0.717) is 6.04 Å². The highest BCUT2D eigenvalue weighted by atomic mass is 15.2. The second-order valence-electron chi connectivity index (χ2n) is 5.56. The molecule has 1 heterocycles. The van der Waals surface area contributed by atoms with Gasteiger partial charge in [0.25, 0.3) is 0 Å². The molecule has 2 unspecified atom stereocenters. The van der Waals surface area contributed by atoms with Crippen molar-refractivity contribution in [1.82, 2.24) is 5.32 Å². The van der Waals surface area contributed by atoms with Crippen LogP contribution in [0.3, 0.4) is 0 Å². The van der Waals surface area contributed by atoms with Crippen LogP contribution in [0.1, 0.15) is 32.3 Å². The third-order valence-electron chi connectivity index (χ3n) is 4.10. The zero-order chi connectivity index (χ0) is 13.0. The molecule has 1 aromatic rings. The lowest BCUT2D eigenvalue weighted by atomic mass is 9.92. The van der Waals surface area contributed by atoms with Crippen molar-refractivity contribution < 1.29 is 0 Å². The highest BCUT2D eigenvalue weighted by Gasteiger charge is 2.22. The van der Waals surface area contributed by atoms with E-state index in [4.69, 9.17) is 0 Å². The van der Waals surface area contributed by atoms with Crippen LogP contribution in [0.4, 0.5) is 5.69 Å². The minimum Gasteiger partial charge on any atom is -0.370 e. The number of anilines is 1. The molecule has 0 aromatic heterocycles. The van der Waals surface area contributed by atoms with Crippen LogP contribution in [0.2, 0.25) is 0 Å². The molecular formula is C16H26N2. The maximum Gasteiger partial charge on any atom is 0.0369 e. The van der Waals surface area contributed by atoms with E-state index in [0.717, 1.165) is 19.0 Å². The fourth-order valence-electron chi connectivity index (χ4n) is 2.84. The van der Waals surface area contributed by atoms with Crippen molar-refractivity contribution in [2.24, 2.45) is 5.92 Å². The summed E-state index contributed by atoms with van der Waals surface area (Å²) in [6, 6.07) is 9.48. The highest BCUT2D eigenvalue weighted by Crippen LogP contribution is 2.20. The van der Waals surface area contributed by atoms with Crippen molar-refractivity contribution >= 4 is 5.69 Å². The first-order valence-corrected chi connectivity index (χ1v) is 7.25. The fraction of sp³-hybridized carbons (Fsp3) is 0.625. The van der Waals surface area contributed by atoms with E-state index in [-0.39, 0.29) is 0 Å². The number of hydrogen-bond donors (Lipinski definition) is 1. The first kappa shape index (κ1) is 13.4. The molecule has 18 heavy (non-hydrogen) atoms. The van der Waals surface area contributed by atoms with Crippen LogP contribution in [-0.2, 0) is 0 Å². The molecule has 1 N–H and O–H groups in total. The normalized spacial score (nSPS) is 23.9. The molecule has 2 heteroatoms. The molecule has 0 saturated carbocycles. The number of piperidine rings is 1. The van der Waals surface area contributed by atoms with Gasteiger partial charge in [-0.15, -0.1) is 0 Å². The number of likely N-dealkylation sites (N-methyl/N-ethyl adjacent to an activating group) is 1. The second-order valence-corrected chi connectivity index (χ2v) is 5.56. The molecule has 0 bridgehead atoms. The Balaban J connectivity index is 2.04. The molecule has 2 nitrogen and oxygen atoms in total. The van der Waals surface area contributed by atoms with Gasteiger partial charge in [0.2, 0.25) is 0 Å². The SMILES string of the molecule is CCN(CC1NCCCC1C)c1cccc(C)c1. The van der Waals surface area contributed by atoms with Crippen LogP contribution in [0.15, 0.2) is 24.3 Å². The van der Waals surface area contributed by atoms with Gasteiger partial charge in [-0.1, -0.05) is 19.1 Å². The van der Waals surface area contributed by atoms with E-state index in [1.54, 1.807) is 0 Å². The van der Waals surface area contributed by atoms with Crippen LogP contribution in [0.25, 0.3) is 0 Å². The van der Waals surface area contributed by atoms with Gasteiger partial charge in [-0.3, -0.25) is 0 Å². The molecule has 2 atom stereocenters.